The lowest BCUT2D eigenvalue weighted by Gasteiger charge is -2.46. The van der Waals surface area contributed by atoms with Crippen molar-refractivity contribution in [3.63, 3.8) is 0 Å². The van der Waals surface area contributed by atoms with Gasteiger partial charge in [-0.1, -0.05) is 250 Å². The van der Waals surface area contributed by atoms with E-state index in [4.69, 9.17) is 18.9 Å². The van der Waals surface area contributed by atoms with Crippen LogP contribution in [0.2, 0.25) is 0 Å². The number of allylic oxidation sites excluding steroid dienone is 23. The van der Waals surface area contributed by atoms with Gasteiger partial charge in [0.25, 0.3) is 0 Å². The fourth-order valence-electron chi connectivity index (χ4n) is 10.1. The van der Waals surface area contributed by atoms with Gasteiger partial charge in [-0.2, -0.15) is 0 Å². The molecular formula is C74H121NO13. The number of aliphatic hydroxyl groups excluding tert-OH is 8. The quantitative estimate of drug-likeness (QED) is 0.0204. The maximum absolute atomic E-state index is 13.3. The van der Waals surface area contributed by atoms with Crippen molar-refractivity contribution in [2.75, 3.05) is 19.8 Å². The standard InChI is InChI=1S/C74H121NO13/c1-3-5-7-9-11-13-15-17-19-20-21-22-23-24-25-26-27-28-29-30-31-32-33-34-35-36-37-38-39-40-41-42-44-46-48-50-52-54-56-58-66(79)75-62(63(78)57-55-53-51-49-47-45-43-18-16-14-12-10-8-6-4-2)61-85-73-71(84)69(82)72(65(60-77)87-73)88-74-70(83)68(81)67(80)64(59-76)86-74/h5,7,11,13,17,19,21-22,24-25,27-28,30-31,33-34,36-37,39-40,47,49,55,57,62-65,67-74,76-78,80-84H,3-4,6,8-10,12,14-16,18,20,23,26,29,32,35,38,41-46,48,50-54,56,58-61H2,1-2H3,(H,75,79)/b7-5-,13-11-,19-17-,22-21-,25-24-,28-27-,31-30-,34-33-,37-36-,40-39-,49-47+,57-55+. The van der Waals surface area contributed by atoms with Gasteiger partial charge >= 0.3 is 0 Å². The van der Waals surface area contributed by atoms with Crippen LogP contribution in [0.25, 0.3) is 0 Å². The molecule has 14 nitrogen and oxygen atoms in total. The third-order valence-electron chi connectivity index (χ3n) is 15.5. The van der Waals surface area contributed by atoms with Crippen molar-refractivity contribution in [1.29, 1.82) is 0 Å². The van der Waals surface area contributed by atoms with Crippen molar-refractivity contribution in [3.8, 4) is 0 Å². The number of carbonyl (C=O) groups excluding carboxylic acids is 1. The van der Waals surface area contributed by atoms with Gasteiger partial charge in [0.05, 0.1) is 32.0 Å². The van der Waals surface area contributed by atoms with E-state index in [2.05, 4.69) is 153 Å². The Labute approximate surface area is 532 Å². The summed E-state index contributed by atoms with van der Waals surface area (Å²) in [6, 6.07) is -0.946. The molecule has 2 heterocycles. The molecule has 9 N–H and O–H groups in total. The Morgan fingerprint density at radius 2 is 0.795 bits per heavy atom. The van der Waals surface area contributed by atoms with E-state index in [0.717, 1.165) is 109 Å². The first-order chi connectivity index (χ1) is 43.1. The molecule has 0 aromatic carbocycles. The van der Waals surface area contributed by atoms with Gasteiger partial charge in [0.2, 0.25) is 5.91 Å². The third-order valence-corrected chi connectivity index (χ3v) is 15.5. The van der Waals surface area contributed by atoms with Crippen molar-refractivity contribution < 1.29 is 64.6 Å². The summed E-state index contributed by atoms with van der Waals surface area (Å²) < 4.78 is 22.8. The maximum Gasteiger partial charge on any atom is 0.220 e. The lowest BCUT2D eigenvalue weighted by Crippen LogP contribution is -2.65. The number of aliphatic hydroxyl groups is 8. The summed E-state index contributed by atoms with van der Waals surface area (Å²) in [4.78, 5) is 13.3. The summed E-state index contributed by atoms with van der Waals surface area (Å²) in [6.07, 6.45) is 69.0. The van der Waals surface area contributed by atoms with Crippen LogP contribution in [-0.4, -0.2) is 140 Å². The molecule has 0 aromatic heterocycles. The van der Waals surface area contributed by atoms with E-state index in [0.29, 0.717) is 12.8 Å². The minimum absolute atomic E-state index is 0.254. The molecule has 0 bridgehead atoms. The van der Waals surface area contributed by atoms with E-state index in [1.54, 1.807) is 6.08 Å². The molecule has 2 rings (SSSR count). The second-order valence-corrected chi connectivity index (χ2v) is 23.2. The lowest BCUT2D eigenvalue weighted by molar-refractivity contribution is -0.359. The monoisotopic (exact) mass is 1230 g/mol. The largest absolute Gasteiger partial charge is 0.394 e. The van der Waals surface area contributed by atoms with Crippen molar-refractivity contribution in [1.82, 2.24) is 5.32 Å². The van der Waals surface area contributed by atoms with Crippen LogP contribution in [0.3, 0.4) is 0 Å². The molecule has 2 aliphatic heterocycles. The Balaban J connectivity index is 1.65. The van der Waals surface area contributed by atoms with E-state index < -0.39 is 86.8 Å². The second-order valence-electron chi connectivity index (χ2n) is 23.2. The number of amides is 1. The Bertz CT molecular complexity index is 2040. The minimum atomic E-state index is -1.80. The van der Waals surface area contributed by atoms with Crippen LogP contribution in [0.4, 0.5) is 0 Å². The Morgan fingerprint density at radius 3 is 1.25 bits per heavy atom. The normalized spacial score (nSPS) is 24.1. The van der Waals surface area contributed by atoms with E-state index >= 15 is 0 Å². The van der Waals surface area contributed by atoms with Gasteiger partial charge in [-0.25, -0.2) is 0 Å². The van der Waals surface area contributed by atoms with Crippen LogP contribution in [0.15, 0.2) is 146 Å². The first kappa shape index (κ1) is 80.0. The molecular weight excluding hydrogens is 1110 g/mol. The Morgan fingerprint density at radius 1 is 0.420 bits per heavy atom. The van der Waals surface area contributed by atoms with Gasteiger partial charge in [0.15, 0.2) is 12.6 Å². The highest BCUT2D eigenvalue weighted by Crippen LogP contribution is 2.30. The topological polar surface area (TPSA) is 228 Å². The van der Waals surface area contributed by atoms with Gasteiger partial charge in [0, 0.05) is 6.42 Å². The zero-order chi connectivity index (χ0) is 63.8. The smallest absolute Gasteiger partial charge is 0.220 e. The molecule has 0 aliphatic carbocycles. The molecule has 2 fully saturated rings. The van der Waals surface area contributed by atoms with E-state index in [-0.39, 0.29) is 18.9 Å². The SMILES string of the molecule is CC/C=C\C/C=C\C/C=C\C/C=C\C/C=C\C/C=C\C/C=C\C/C=C\C/C=C\C/C=C\CCCCCCCCCCC(=O)NC(COC1OC(CO)C(OC2OC(CO)C(O)C(O)C2O)C(O)C1O)C(O)/C=C/CC/C=C/CCCCCCCCCCC. The predicted octanol–water partition coefficient (Wildman–Crippen LogP) is 13.7. The van der Waals surface area contributed by atoms with Crippen LogP contribution in [0, 0.1) is 0 Å². The van der Waals surface area contributed by atoms with Gasteiger partial charge in [-0.3, -0.25) is 4.79 Å². The summed E-state index contributed by atoms with van der Waals surface area (Å²) in [5, 5.41) is 87.2. The molecule has 1 amide bonds. The van der Waals surface area contributed by atoms with Crippen LogP contribution in [0.5, 0.6) is 0 Å². The van der Waals surface area contributed by atoms with Crippen LogP contribution >= 0.6 is 0 Å². The van der Waals surface area contributed by atoms with Crippen LogP contribution < -0.4 is 5.32 Å². The highest BCUT2D eigenvalue weighted by molar-refractivity contribution is 5.76. The number of unbranched alkanes of at least 4 members (excludes halogenated alkanes) is 18. The molecule has 0 aromatic rings. The minimum Gasteiger partial charge on any atom is -0.394 e. The number of carbonyl (C=O) groups is 1. The molecule has 14 heteroatoms. The van der Waals surface area contributed by atoms with Crippen molar-refractivity contribution in [2.24, 2.45) is 0 Å². The fourth-order valence-corrected chi connectivity index (χ4v) is 10.1. The van der Waals surface area contributed by atoms with Gasteiger partial charge < -0.3 is 65.1 Å². The number of hydrogen-bond donors (Lipinski definition) is 9. The zero-order valence-electron chi connectivity index (χ0n) is 54.2. The maximum atomic E-state index is 13.3. The molecule has 12 atom stereocenters. The summed E-state index contributed by atoms with van der Waals surface area (Å²) in [6.45, 7) is 2.64. The average Bonchev–Trinajstić information content (AvgIpc) is 2.99. The highest BCUT2D eigenvalue weighted by atomic mass is 16.7. The molecule has 12 unspecified atom stereocenters. The molecule has 500 valence electrons. The molecule has 0 radical (unpaired) electrons. The van der Waals surface area contributed by atoms with Crippen LogP contribution in [0.1, 0.15) is 219 Å². The predicted molar refractivity (Wildman–Crippen MR) is 359 cm³/mol. The van der Waals surface area contributed by atoms with E-state index in [1.807, 2.05) is 6.08 Å². The zero-order valence-corrected chi connectivity index (χ0v) is 54.2. The van der Waals surface area contributed by atoms with Crippen molar-refractivity contribution >= 4 is 5.91 Å². The van der Waals surface area contributed by atoms with Crippen LogP contribution in [-0.2, 0) is 23.7 Å². The average molecular weight is 1230 g/mol. The number of ether oxygens (including phenoxy) is 4. The van der Waals surface area contributed by atoms with Gasteiger partial charge in [-0.05, 0) is 109 Å². The summed E-state index contributed by atoms with van der Waals surface area (Å²) in [5.74, 6) is -0.264. The van der Waals surface area contributed by atoms with Gasteiger partial charge in [-0.15, -0.1) is 0 Å². The molecule has 0 saturated carbocycles. The number of rotatable bonds is 53. The summed E-state index contributed by atoms with van der Waals surface area (Å²) in [5.41, 5.74) is 0. The highest BCUT2D eigenvalue weighted by Gasteiger charge is 2.51. The number of hydrogen-bond acceptors (Lipinski definition) is 13. The first-order valence-corrected chi connectivity index (χ1v) is 34.1. The molecule has 2 aliphatic rings. The van der Waals surface area contributed by atoms with Gasteiger partial charge in [0.1, 0.15) is 48.8 Å². The molecule has 0 spiro atoms. The number of nitrogens with one attached hydrogen (secondary N) is 1. The van der Waals surface area contributed by atoms with E-state index in [1.165, 1.54) is 77.0 Å². The summed E-state index contributed by atoms with van der Waals surface area (Å²) in [7, 11) is 0. The molecule has 2 saturated heterocycles. The van der Waals surface area contributed by atoms with Crippen molar-refractivity contribution in [3.05, 3.63) is 146 Å². The van der Waals surface area contributed by atoms with Crippen molar-refractivity contribution in [2.45, 2.75) is 293 Å². The van der Waals surface area contributed by atoms with E-state index in [9.17, 15) is 45.6 Å². The fraction of sp³-hybridized carbons (Fsp3) is 0.662. The third kappa shape index (κ3) is 40.6. The lowest BCUT2D eigenvalue weighted by atomic mass is 9.97. The molecule has 88 heavy (non-hydrogen) atoms. The Hall–Kier alpha value is -4.13. The summed E-state index contributed by atoms with van der Waals surface area (Å²) >= 11 is 0. The first-order valence-electron chi connectivity index (χ1n) is 34.1. The Kier molecular flexibility index (Phi) is 51.6. The second kappa shape index (κ2) is 56.8.